The Kier molecular flexibility index (Phi) is 2.54. The Morgan fingerprint density at radius 3 is 2.72 bits per heavy atom. The average Bonchev–Trinajstić information content (AvgIpc) is 3.29. The fourth-order valence-electron chi connectivity index (χ4n) is 3.94. The first-order valence-corrected chi connectivity index (χ1v) is 9.18. The second kappa shape index (κ2) is 4.77. The average molecular weight is 340 g/mol. The molecule has 2 aromatic carbocycles. The van der Waals surface area contributed by atoms with Crippen molar-refractivity contribution in [3.05, 3.63) is 78.6 Å². The van der Waals surface area contributed by atoms with Crippen molar-refractivity contribution in [2.75, 3.05) is 0 Å². The molecule has 3 aromatic heterocycles. The minimum absolute atomic E-state index is 0.927. The number of imidazole rings is 1. The molecule has 0 saturated carbocycles. The molecule has 0 N–H and O–H groups in total. The molecule has 118 valence electrons. The minimum Gasteiger partial charge on any atom is -0.263 e. The zero-order valence-electron chi connectivity index (χ0n) is 13.4. The Morgan fingerprint density at radius 1 is 0.960 bits per heavy atom. The molecule has 0 amide bonds. The highest BCUT2D eigenvalue weighted by atomic mass is 32.1. The number of thiophene rings is 1. The molecule has 0 radical (unpaired) electrons. The molecule has 0 unspecified atom stereocenters. The lowest BCUT2D eigenvalue weighted by molar-refractivity contribution is -0.645. The molecule has 3 nitrogen and oxygen atoms in total. The van der Waals surface area contributed by atoms with Crippen LogP contribution >= 0.6 is 11.3 Å². The molecule has 1 aliphatic heterocycles. The van der Waals surface area contributed by atoms with Crippen LogP contribution in [0.25, 0.3) is 37.5 Å². The summed E-state index contributed by atoms with van der Waals surface area (Å²) in [4.78, 5) is 5.61. The van der Waals surface area contributed by atoms with E-state index in [1.165, 1.54) is 43.1 Å². The van der Waals surface area contributed by atoms with Crippen LogP contribution in [0, 0.1) is 0 Å². The van der Waals surface area contributed by atoms with Crippen molar-refractivity contribution < 1.29 is 4.57 Å². The summed E-state index contributed by atoms with van der Waals surface area (Å²) in [6, 6.07) is 21.5. The molecule has 0 spiro atoms. The standard InChI is InChI=1S/C21H14N3S/c1-2-7-15(8-3-1)24-20-16-9-5-4-6-14(16)13-23(20)19-17-10-11-22-12-18(17)25-21(19)24/h1-12H,13H2/q+1. The summed E-state index contributed by atoms with van der Waals surface area (Å²) in [5.74, 6) is 1.28. The van der Waals surface area contributed by atoms with Crippen LogP contribution in [0.5, 0.6) is 0 Å². The summed E-state index contributed by atoms with van der Waals surface area (Å²) in [5, 5.41) is 1.29. The van der Waals surface area contributed by atoms with Crippen LogP contribution in [0.1, 0.15) is 5.56 Å². The maximum Gasteiger partial charge on any atom is 0.296 e. The number of fused-ring (bicyclic) bond motifs is 7. The van der Waals surface area contributed by atoms with Crippen LogP contribution in [0.2, 0.25) is 0 Å². The lowest BCUT2D eigenvalue weighted by Crippen LogP contribution is -2.31. The maximum absolute atomic E-state index is 4.32. The van der Waals surface area contributed by atoms with E-state index in [0.29, 0.717) is 0 Å². The quantitative estimate of drug-likeness (QED) is 0.402. The molecule has 25 heavy (non-hydrogen) atoms. The summed E-state index contributed by atoms with van der Waals surface area (Å²) in [6.07, 6.45) is 3.87. The number of aromatic nitrogens is 3. The molecule has 0 saturated heterocycles. The molecular formula is C21H14N3S+. The van der Waals surface area contributed by atoms with Gasteiger partial charge < -0.3 is 0 Å². The minimum atomic E-state index is 0.927. The fourth-order valence-corrected chi connectivity index (χ4v) is 5.14. The fraction of sp³-hybridized carbons (Fsp3) is 0.0476. The van der Waals surface area contributed by atoms with Crippen LogP contribution in [0.15, 0.2) is 73.1 Å². The van der Waals surface area contributed by atoms with Gasteiger partial charge in [0.2, 0.25) is 4.83 Å². The van der Waals surface area contributed by atoms with Gasteiger partial charge in [-0.05, 0) is 24.3 Å². The lowest BCUT2D eigenvalue weighted by Gasteiger charge is -2.00. The topological polar surface area (TPSA) is 21.7 Å². The van der Waals surface area contributed by atoms with E-state index in [-0.39, 0.29) is 0 Å². The first-order valence-electron chi connectivity index (χ1n) is 8.36. The number of hydrogen-bond acceptors (Lipinski definition) is 2. The number of para-hydroxylation sites is 1. The van der Waals surface area contributed by atoms with Gasteiger partial charge in [0, 0.05) is 23.3 Å². The number of hydrogen-bond donors (Lipinski definition) is 0. The molecule has 0 bridgehead atoms. The smallest absolute Gasteiger partial charge is 0.263 e. The van der Waals surface area contributed by atoms with Gasteiger partial charge in [-0.15, -0.1) is 0 Å². The Balaban J connectivity index is 1.83. The van der Waals surface area contributed by atoms with Crippen molar-refractivity contribution in [1.29, 1.82) is 0 Å². The third-order valence-electron chi connectivity index (χ3n) is 4.99. The molecule has 0 atom stereocenters. The number of nitrogens with zero attached hydrogens (tertiary/aromatic N) is 3. The zero-order valence-corrected chi connectivity index (χ0v) is 14.2. The first-order chi connectivity index (χ1) is 12.4. The Hall–Kier alpha value is -2.98. The molecule has 0 fully saturated rings. The number of rotatable bonds is 1. The van der Waals surface area contributed by atoms with Gasteiger partial charge in [-0.2, -0.15) is 4.57 Å². The zero-order chi connectivity index (χ0) is 16.4. The predicted molar refractivity (Wildman–Crippen MR) is 101 cm³/mol. The van der Waals surface area contributed by atoms with Gasteiger partial charge in [0.15, 0.2) is 5.52 Å². The summed E-state index contributed by atoms with van der Waals surface area (Å²) < 4.78 is 6.11. The molecular weight excluding hydrogens is 326 g/mol. The van der Waals surface area contributed by atoms with Crippen molar-refractivity contribution in [2.45, 2.75) is 6.54 Å². The van der Waals surface area contributed by atoms with Gasteiger partial charge in [0.1, 0.15) is 12.2 Å². The first kappa shape index (κ1) is 13.3. The van der Waals surface area contributed by atoms with E-state index in [1.54, 1.807) is 0 Å². The molecule has 6 rings (SSSR count). The largest absolute Gasteiger partial charge is 0.296 e. The van der Waals surface area contributed by atoms with Crippen LogP contribution < -0.4 is 4.57 Å². The van der Waals surface area contributed by atoms with Gasteiger partial charge in [-0.25, -0.2) is 4.57 Å². The van der Waals surface area contributed by atoms with E-state index in [2.05, 4.69) is 74.8 Å². The van der Waals surface area contributed by atoms with E-state index in [1.807, 2.05) is 23.7 Å². The Bertz CT molecular complexity index is 1260. The Labute approximate surface area is 148 Å². The highest BCUT2D eigenvalue weighted by molar-refractivity contribution is 7.25. The van der Waals surface area contributed by atoms with Crippen LogP contribution in [0.3, 0.4) is 0 Å². The number of pyridine rings is 1. The second-order valence-corrected chi connectivity index (χ2v) is 7.40. The summed E-state index contributed by atoms with van der Waals surface area (Å²) in [6.45, 7) is 0.927. The van der Waals surface area contributed by atoms with Gasteiger partial charge in [0.05, 0.1) is 10.3 Å². The highest BCUT2D eigenvalue weighted by Crippen LogP contribution is 2.40. The van der Waals surface area contributed by atoms with E-state index in [0.717, 1.165) is 6.54 Å². The SMILES string of the molecule is c1ccc(-n2c3[n+](c4c5ccncc5sc42)Cc2ccccc2-3)cc1. The van der Waals surface area contributed by atoms with Gasteiger partial charge >= 0.3 is 0 Å². The highest BCUT2D eigenvalue weighted by Gasteiger charge is 2.36. The van der Waals surface area contributed by atoms with Crippen molar-refractivity contribution in [3.63, 3.8) is 0 Å². The molecule has 4 heterocycles. The third-order valence-corrected chi connectivity index (χ3v) is 6.10. The van der Waals surface area contributed by atoms with Gasteiger partial charge in [-0.3, -0.25) is 4.98 Å². The summed E-state index contributed by atoms with van der Waals surface area (Å²) >= 11 is 1.82. The van der Waals surface area contributed by atoms with E-state index in [4.69, 9.17) is 0 Å². The summed E-state index contributed by atoms with van der Waals surface area (Å²) in [7, 11) is 0. The lowest BCUT2D eigenvalue weighted by atomic mass is 10.1. The molecule has 0 aliphatic carbocycles. The maximum atomic E-state index is 4.32. The molecule has 1 aliphatic rings. The van der Waals surface area contributed by atoms with Crippen molar-refractivity contribution in [1.82, 2.24) is 9.55 Å². The van der Waals surface area contributed by atoms with E-state index < -0.39 is 0 Å². The van der Waals surface area contributed by atoms with Crippen LogP contribution in [-0.2, 0) is 6.54 Å². The third kappa shape index (κ3) is 1.69. The molecule has 5 aromatic rings. The molecule has 4 heteroatoms. The second-order valence-electron chi connectivity index (χ2n) is 6.37. The predicted octanol–water partition coefficient (Wildman–Crippen LogP) is 4.56. The monoisotopic (exact) mass is 340 g/mol. The van der Waals surface area contributed by atoms with Crippen LogP contribution in [-0.4, -0.2) is 9.55 Å². The van der Waals surface area contributed by atoms with E-state index in [9.17, 15) is 0 Å². The van der Waals surface area contributed by atoms with Gasteiger partial charge in [0.25, 0.3) is 5.82 Å². The van der Waals surface area contributed by atoms with Crippen molar-refractivity contribution >= 4 is 31.8 Å². The normalized spacial score (nSPS) is 12.6. The van der Waals surface area contributed by atoms with Crippen molar-refractivity contribution in [3.8, 4) is 17.1 Å². The number of benzene rings is 2. The van der Waals surface area contributed by atoms with Crippen molar-refractivity contribution in [2.24, 2.45) is 0 Å². The summed E-state index contributed by atoms with van der Waals surface area (Å²) in [5.41, 5.74) is 5.24. The Morgan fingerprint density at radius 2 is 1.80 bits per heavy atom. The van der Waals surface area contributed by atoms with Crippen LogP contribution in [0.4, 0.5) is 0 Å². The van der Waals surface area contributed by atoms with Gasteiger partial charge in [-0.1, -0.05) is 47.7 Å². The van der Waals surface area contributed by atoms with E-state index >= 15 is 0 Å².